The van der Waals surface area contributed by atoms with Crippen molar-refractivity contribution in [3.63, 3.8) is 0 Å². The first kappa shape index (κ1) is 14.9. The summed E-state index contributed by atoms with van der Waals surface area (Å²) in [4.78, 5) is 0. The van der Waals surface area contributed by atoms with Gasteiger partial charge in [-0.05, 0) is 57.1 Å². The van der Waals surface area contributed by atoms with Crippen LogP contribution in [0.1, 0.15) is 22.3 Å². The van der Waals surface area contributed by atoms with Crippen molar-refractivity contribution >= 4 is 11.6 Å². The fourth-order valence-electron chi connectivity index (χ4n) is 2.30. The van der Waals surface area contributed by atoms with Crippen LogP contribution in [0, 0.1) is 20.8 Å². The molecule has 0 aromatic heterocycles. The van der Waals surface area contributed by atoms with Crippen LogP contribution in [0.5, 0.6) is 11.5 Å². The van der Waals surface area contributed by atoms with Gasteiger partial charge >= 0.3 is 0 Å². The van der Waals surface area contributed by atoms with E-state index < -0.39 is 0 Å². The number of rotatable bonds is 4. The van der Waals surface area contributed by atoms with Crippen molar-refractivity contribution < 1.29 is 4.74 Å². The highest BCUT2D eigenvalue weighted by molar-refractivity contribution is 6.30. The summed E-state index contributed by atoms with van der Waals surface area (Å²) in [5, 5.41) is 3.92. The van der Waals surface area contributed by atoms with Gasteiger partial charge in [0.25, 0.3) is 0 Å². The van der Waals surface area contributed by atoms with Crippen LogP contribution in [0.3, 0.4) is 0 Å². The van der Waals surface area contributed by atoms with Crippen molar-refractivity contribution in [1.29, 1.82) is 0 Å². The molecule has 0 radical (unpaired) electrons. The second kappa shape index (κ2) is 6.29. The van der Waals surface area contributed by atoms with E-state index in [0.29, 0.717) is 0 Å². The zero-order chi connectivity index (χ0) is 14.7. The number of ether oxygens (including phenoxy) is 1. The molecule has 0 aliphatic heterocycles. The Morgan fingerprint density at radius 1 is 1.05 bits per heavy atom. The van der Waals surface area contributed by atoms with Crippen LogP contribution in [-0.4, -0.2) is 7.05 Å². The molecule has 3 heteroatoms. The molecule has 2 aromatic rings. The van der Waals surface area contributed by atoms with Crippen molar-refractivity contribution in [2.75, 3.05) is 7.05 Å². The molecule has 106 valence electrons. The Hall–Kier alpha value is -1.51. The predicted molar refractivity (Wildman–Crippen MR) is 84.9 cm³/mol. The molecule has 0 heterocycles. The molecular formula is C17H20ClNO. The molecule has 0 aliphatic carbocycles. The van der Waals surface area contributed by atoms with Crippen LogP contribution in [-0.2, 0) is 6.54 Å². The molecule has 1 N–H and O–H groups in total. The van der Waals surface area contributed by atoms with Crippen molar-refractivity contribution in [2.24, 2.45) is 0 Å². The Morgan fingerprint density at radius 2 is 1.70 bits per heavy atom. The summed E-state index contributed by atoms with van der Waals surface area (Å²) in [6.07, 6.45) is 0. The highest BCUT2D eigenvalue weighted by Gasteiger charge is 2.10. The minimum atomic E-state index is 0.742. The first-order chi connectivity index (χ1) is 9.51. The number of nitrogens with one attached hydrogen (secondary N) is 1. The van der Waals surface area contributed by atoms with E-state index in [1.165, 1.54) is 5.56 Å². The van der Waals surface area contributed by atoms with Gasteiger partial charge in [-0.2, -0.15) is 0 Å². The molecule has 2 nitrogen and oxygen atoms in total. The Morgan fingerprint density at radius 3 is 2.30 bits per heavy atom. The maximum absolute atomic E-state index is 6.13. The van der Waals surface area contributed by atoms with Crippen LogP contribution < -0.4 is 10.1 Å². The van der Waals surface area contributed by atoms with Crippen LogP contribution in [0.15, 0.2) is 30.3 Å². The van der Waals surface area contributed by atoms with E-state index in [4.69, 9.17) is 16.3 Å². The predicted octanol–water partition coefficient (Wildman–Crippen LogP) is 4.78. The van der Waals surface area contributed by atoms with Gasteiger partial charge in [0, 0.05) is 17.1 Å². The second-order valence-corrected chi connectivity index (χ2v) is 5.55. The third kappa shape index (κ3) is 3.33. The van der Waals surface area contributed by atoms with Gasteiger partial charge in [0.15, 0.2) is 0 Å². The van der Waals surface area contributed by atoms with E-state index in [0.717, 1.165) is 39.8 Å². The van der Waals surface area contributed by atoms with Gasteiger partial charge in [-0.15, -0.1) is 0 Å². The zero-order valence-electron chi connectivity index (χ0n) is 12.4. The summed E-state index contributed by atoms with van der Waals surface area (Å²) in [6, 6.07) is 10.1. The highest BCUT2D eigenvalue weighted by atomic mass is 35.5. The Labute approximate surface area is 125 Å². The van der Waals surface area contributed by atoms with Crippen molar-refractivity contribution in [1.82, 2.24) is 5.32 Å². The van der Waals surface area contributed by atoms with Crippen molar-refractivity contribution in [2.45, 2.75) is 27.3 Å². The highest BCUT2D eigenvalue weighted by Crippen LogP contribution is 2.33. The van der Waals surface area contributed by atoms with Gasteiger partial charge in [-0.25, -0.2) is 0 Å². The van der Waals surface area contributed by atoms with Gasteiger partial charge in [0.2, 0.25) is 0 Å². The van der Waals surface area contributed by atoms with Crippen LogP contribution in [0.2, 0.25) is 5.02 Å². The monoisotopic (exact) mass is 289 g/mol. The minimum absolute atomic E-state index is 0.742. The van der Waals surface area contributed by atoms with Gasteiger partial charge in [0.1, 0.15) is 11.5 Å². The lowest BCUT2D eigenvalue weighted by molar-refractivity contribution is 0.467. The van der Waals surface area contributed by atoms with Crippen LogP contribution in [0.25, 0.3) is 0 Å². The van der Waals surface area contributed by atoms with E-state index in [-0.39, 0.29) is 0 Å². The van der Waals surface area contributed by atoms with E-state index in [1.54, 1.807) is 0 Å². The Kier molecular flexibility index (Phi) is 4.69. The molecule has 0 atom stereocenters. The quantitative estimate of drug-likeness (QED) is 0.875. The summed E-state index contributed by atoms with van der Waals surface area (Å²) in [5.41, 5.74) is 4.48. The third-order valence-corrected chi connectivity index (χ3v) is 3.44. The molecule has 0 saturated carbocycles. The number of benzene rings is 2. The second-order valence-electron chi connectivity index (χ2n) is 5.11. The van der Waals surface area contributed by atoms with Crippen LogP contribution >= 0.6 is 11.6 Å². The summed E-state index contributed by atoms with van der Waals surface area (Å²) >= 11 is 6.06. The fourth-order valence-corrected chi connectivity index (χ4v) is 2.63. The van der Waals surface area contributed by atoms with Crippen molar-refractivity contribution in [3.8, 4) is 11.5 Å². The first-order valence-electron chi connectivity index (χ1n) is 6.70. The maximum Gasteiger partial charge on any atom is 0.133 e. The van der Waals surface area contributed by atoms with Gasteiger partial charge in [-0.1, -0.05) is 29.3 Å². The average molecular weight is 290 g/mol. The molecule has 0 fully saturated rings. The number of aryl methyl sites for hydroxylation is 3. The molecule has 2 rings (SSSR count). The van der Waals surface area contributed by atoms with E-state index in [9.17, 15) is 0 Å². The molecule has 0 aliphatic rings. The average Bonchev–Trinajstić information content (AvgIpc) is 2.36. The van der Waals surface area contributed by atoms with Gasteiger partial charge < -0.3 is 10.1 Å². The summed E-state index contributed by atoms with van der Waals surface area (Å²) in [6.45, 7) is 6.89. The fraction of sp³-hybridized carbons (Fsp3) is 0.294. The largest absolute Gasteiger partial charge is 0.456 e. The molecule has 0 bridgehead atoms. The minimum Gasteiger partial charge on any atom is -0.456 e. The maximum atomic E-state index is 6.13. The molecule has 0 saturated heterocycles. The first-order valence-corrected chi connectivity index (χ1v) is 7.08. The Bertz CT molecular complexity index is 599. The molecular weight excluding hydrogens is 270 g/mol. The number of hydrogen-bond donors (Lipinski definition) is 1. The zero-order valence-corrected chi connectivity index (χ0v) is 13.1. The SMILES string of the molecule is CNCc1cc(C)ccc1Oc1c(C)cc(Cl)cc1C. The summed E-state index contributed by atoms with van der Waals surface area (Å²) in [7, 11) is 1.94. The molecule has 20 heavy (non-hydrogen) atoms. The van der Waals surface area contributed by atoms with Gasteiger partial charge in [0.05, 0.1) is 0 Å². The lowest BCUT2D eigenvalue weighted by Gasteiger charge is -2.16. The van der Waals surface area contributed by atoms with Crippen LogP contribution in [0.4, 0.5) is 0 Å². The topological polar surface area (TPSA) is 21.3 Å². The smallest absolute Gasteiger partial charge is 0.133 e. The van der Waals surface area contributed by atoms with Crippen molar-refractivity contribution in [3.05, 3.63) is 57.6 Å². The lowest BCUT2D eigenvalue weighted by atomic mass is 10.1. The standard InChI is InChI=1S/C17H20ClNO/c1-11-5-6-16(14(7-11)10-19-4)20-17-12(2)8-15(18)9-13(17)3/h5-9,19H,10H2,1-4H3. The summed E-state index contributed by atoms with van der Waals surface area (Å²) in [5.74, 6) is 1.77. The molecule has 2 aromatic carbocycles. The van der Waals surface area contributed by atoms with E-state index >= 15 is 0 Å². The molecule has 0 spiro atoms. The third-order valence-electron chi connectivity index (χ3n) is 3.22. The Balaban J connectivity index is 2.40. The molecule has 0 amide bonds. The lowest BCUT2D eigenvalue weighted by Crippen LogP contribution is -2.07. The summed E-state index contributed by atoms with van der Waals surface area (Å²) < 4.78 is 6.13. The van der Waals surface area contributed by atoms with E-state index in [1.807, 2.05) is 39.1 Å². The number of halogens is 1. The van der Waals surface area contributed by atoms with Gasteiger partial charge in [-0.3, -0.25) is 0 Å². The van der Waals surface area contributed by atoms with E-state index in [2.05, 4.69) is 24.4 Å². The molecule has 0 unspecified atom stereocenters. The normalized spacial score (nSPS) is 10.7. The number of hydrogen-bond acceptors (Lipinski definition) is 2.